The van der Waals surface area contributed by atoms with Crippen LogP contribution in [0.5, 0.6) is 0 Å². The second-order valence-corrected chi connectivity index (χ2v) is 10.00. The number of hydrogen-bond donors (Lipinski definition) is 1. The molecule has 170 valence electrons. The van der Waals surface area contributed by atoms with Gasteiger partial charge in [-0.1, -0.05) is 30.3 Å². The minimum absolute atomic E-state index is 0.189. The molecule has 0 bridgehead atoms. The maximum absolute atomic E-state index is 12.6. The first-order valence-corrected chi connectivity index (χ1v) is 12.6. The van der Waals surface area contributed by atoms with Gasteiger partial charge in [0.25, 0.3) is 0 Å². The van der Waals surface area contributed by atoms with Gasteiger partial charge in [-0.05, 0) is 56.1 Å². The number of rotatable bonds is 9. The normalized spacial score (nSPS) is 15.2. The van der Waals surface area contributed by atoms with Crippen LogP contribution in [0.25, 0.3) is 5.69 Å². The first-order chi connectivity index (χ1) is 15.5. The van der Waals surface area contributed by atoms with Crippen molar-refractivity contribution in [1.82, 2.24) is 19.4 Å². The minimum Gasteiger partial charge on any atom is -0.369 e. The molecule has 0 atom stereocenters. The maximum atomic E-state index is 12.6. The van der Waals surface area contributed by atoms with Gasteiger partial charge in [-0.15, -0.1) is 0 Å². The maximum Gasteiger partial charge on any atom is 0.243 e. The summed E-state index contributed by atoms with van der Waals surface area (Å²) in [5, 5.41) is 4.18. The predicted molar refractivity (Wildman–Crippen MR) is 128 cm³/mol. The van der Waals surface area contributed by atoms with Crippen molar-refractivity contribution >= 4 is 15.7 Å². The summed E-state index contributed by atoms with van der Waals surface area (Å²) in [5.41, 5.74) is 3.42. The Labute approximate surface area is 190 Å². The third-order valence-electron chi connectivity index (χ3n) is 5.82. The van der Waals surface area contributed by atoms with E-state index in [9.17, 15) is 8.42 Å². The monoisotopic (exact) mass is 453 g/mol. The van der Waals surface area contributed by atoms with Crippen molar-refractivity contribution in [3.05, 3.63) is 72.6 Å². The molecule has 1 saturated heterocycles. The van der Waals surface area contributed by atoms with Crippen molar-refractivity contribution in [3.8, 4) is 5.69 Å². The summed E-state index contributed by atoms with van der Waals surface area (Å²) >= 11 is 0. The highest BCUT2D eigenvalue weighted by atomic mass is 32.2. The average Bonchev–Trinajstić information content (AvgIpc) is 3.31. The fourth-order valence-corrected chi connectivity index (χ4v) is 4.98. The molecule has 7 nitrogen and oxygen atoms in total. The van der Waals surface area contributed by atoms with Gasteiger partial charge in [0, 0.05) is 38.4 Å². The number of nitrogens with one attached hydrogen (secondary N) is 1. The molecule has 0 radical (unpaired) electrons. The number of nitrogens with zero attached hydrogens (tertiary/aromatic N) is 4. The van der Waals surface area contributed by atoms with Crippen molar-refractivity contribution < 1.29 is 8.42 Å². The van der Waals surface area contributed by atoms with E-state index in [4.69, 9.17) is 0 Å². The van der Waals surface area contributed by atoms with Gasteiger partial charge >= 0.3 is 0 Å². The minimum atomic E-state index is -3.55. The van der Waals surface area contributed by atoms with E-state index in [0.717, 1.165) is 51.3 Å². The number of para-hydroxylation sites is 1. The fourth-order valence-electron chi connectivity index (χ4n) is 3.97. The van der Waals surface area contributed by atoms with Crippen LogP contribution in [-0.2, 0) is 10.0 Å². The largest absolute Gasteiger partial charge is 0.369 e. The van der Waals surface area contributed by atoms with E-state index < -0.39 is 10.0 Å². The Morgan fingerprint density at radius 3 is 2.44 bits per heavy atom. The SMILES string of the molecule is Cc1cccc(N2CCN(CCCCNS(=O)(=O)c3cnn(-c4ccccc4)c3)CC2)c1. The van der Waals surface area contributed by atoms with Crippen LogP contribution >= 0.6 is 0 Å². The fraction of sp³-hybridized carbons (Fsp3) is 0.375. The Morgan fingerprint density at radius 1 is 0.938 bits per heavy atom. The van der Waals surface area contributed by atoms with Crippen molar-refractivity contribution in [2.45, 2.75) is 24.7 Å². The van der Waals surface area contributed by atoms with E-state index in [1.54, 1.807) is 10.9 Å². The zero-order chi connectivity index (χ0) is 22.4. The number of unbranched alkanes of at least 4 members (excludes halogenated alkanes) is 1. The smallest absolute Gasteiger partial charge is 0.243 e. The molecule has 2 aromatic carbocycles. The van der Waals surface area contributed by atoms with Crippen LogP contribution in [0.4, 0.5) is 5.69 Å². The lowest BCUT2D eigenvalue weighted by molar-refractivity contribution is 0.253. The van der Waals surface area contributed by atoms with E-state index in [1.807, 2.05) is 30.3 Å². The molecule has 32 heavy (non-hydrogen) atoms. The summed E-state index contributed by atoms with van der Waals surface area (Å²) in [4.78, 5) is 5.09. The molecule has 0 spiro atoms. The molecule has 1 aromatic heterocycles. The van der Waals surface area contributed by atoms with E-state index >= 15 is 0 Å². The Kier molecular flexibility index (Phi) is 7.24. The Bertz CT molecular complexity index is 1110. The third-order valence-corrected chi connectivity index (χ3v) is 7.24. The molecule has 1 fully saturated rings. The van der Waals surface area contributed by atoms with E-state index in [1.165, 1.54) is 17.4 Å². The summed E-state index contributed by atoms with van der Waals surface area (Å²) in [7, 11) is -3.55. The van der Waals surface area contributed by atoms with Gasteiger partial charge in [0.2, 0.25) is 10.0 Å². The van der Waals surface area contributed by atoms with Crippen LogP contribution in [0.15, 0.2) is 71.9 Å². The molecule has 0 saturated carbocycles. The van der Waals surface area contributed by atoms with Gasteiger partial charge in [0.05, 0.1) is 18.1 Å². The number of aromatic nitrogens is 2. The highest BCUT2D eigenvalue weighted by molar-refractivity contribution is 7.89. The van der Waals surface area contributed by atoms with Gasteiger partial charge in [0.1, 0.15) is 4.90 Å². The number of piperazine rings is 1. The molecule has 1 N–H and O–H groups in total. The Balaban J connectivity index is 1.17. The van der Waals surface area contributed by atoms with Crippen LogP contribution in [-0.4, -0.2) is 62.4 Å². The molecule has 8 heteroatoms. The van der Waals surface area contributed by atoms with Crippen molar-refractivity contribution in [2.24, 2.45) is 0 Å². The predicted octanol–water partition coefficient (Wildman–Crippen LogP) is 3.06. The lowest BCUT2D eigenvalue weighted by Crippen LogP contribution is -2.46. The van der Waals surface area contributed by atoms with Crippen molar-refractivity contribution in [2.75, 3.05) is 44.2 Å². The van der Waals surface area contributed by atoms with Crippen molar-refractivity contribution in [3.63, 3.8) is 0 Å². The van der Waals surface area contributed by atoms with Gasteiger partial charge < -0.3 is 4.90 Å². The topological polar surface area (TPSA) is 70.5 Å². The molecular formula is C24H31N5O2S. The first-order valence-electron chi connectivity index (χ1n) is 11.1. The van der Waals surface area contributed by atoms with Gasteiger partial charge in [-0.3, -0.25) is 4.90 Å². The van der Waals surface area contributed by atoms with Crippen LogP contribution in [0.1, 0.15) is 18.4 Å². The second-order valence-electron chi connectivity index (χ2n) is 8.23. The molecule has 0 unspecified atom stereocenters. The quantitative estimate of drug-likeness (QED) is 0.504. The van der Waals surface area contributed by atoms with Crippen LogP contribution in [0, 0.1) is 6.92 Å². The van der Waals surface area contributed by atoms with Crippen molar-refractivity contribution in [1.29, 1.82) is 0 Å². The molecule has 1 aliphatic rings. The number of anilines is 1. The van der Waals surface area contributed by atoms with Gasteiger partial charge in [-0.2, -0.15) is 5.10 Å². The standard InChI is InChI=1S/C24H31N5O2S/c1-21-8-7-11-23(18-21)28-16-14-27(15-17-28)13-6-5-12-26-32(30,31)24-19-25-29(20-24)22-9-3-2-4-10-22/h2-4,7-11,18-20,26H,5-6,12-17H2,1H3. The molecule has 4 rings (SSSR count). The summed E-state index contributed by atoms with van der Waals surface area (Å²) < 4.78 is 29.4. The Morgan fingerprint density at radius 2 is 1.69 bits per heavy atom. The van der Waals surface area contributed by atoms with Crippen LogP contribution in [0.3, 0.4) is 0 Å². The zero-order valence-corrected chi connectivity index (χ0v) is 19.3. The molecule has 3 aromatic rings. The third kappa shape index (κ3) is 5.76. The van der Waals surface area contributed by atoms with Gasteiger partial charge in [0.15, 0.2) is 0 Å². The number of sulfonamides is 1. The van der Waals surface area contributed by atoms with Gasteiger partial charge in [-0.25, -0.2) is 17.8 Å². The molecule has 1 aliphatic heterocycles. The summed E-state index contributed by atoms with van der Waals surface area (Å²) in [6, 6.07) is 18.1. The number of aryl methyl sites for hydroxylation is 1. The number of benzene rings is 2. The lowest BCUT2D eigenvalue weighted by Gasteiger charge is -2.36. The average molecular weight is 454 g/mol. The number of hydrogen-bond acceptors (Lipinski definition) is 5. The highest BCUT2D eigenvalue weighted by Crippen LogP contribution is 2.18. The van der Waals surface area contributed by atoms with E-state index in [-0.39, 0.29) is 4.90 Å². The summed E-state index contributed by atoms with van der Waals surface area (Å²) in [6.45, 7) is 7.69. The molecular weight excluding hydrogens is 422 g/mol. The van der Waals surface area contributed by atoms with E-state index in [2.05, 4.69) is 50.8 Å². The molecule has 0 amide bonds. The summed E-state index contributed by atoms with van der Waals surface area (Å²) in [6.07, 6.45) is 4.72. The van der Waals surface area contributed by atoms with Crippen LogP contribution in [0.2, 0.25) is 0 Å². The highest BCUT2D eigenvalue weighted by Gasteiger charge is 2.18. The molecule has 2 heterocycles. The molecule has 0 aliphatic carbocycles. The zero-order valence-electron chi connectivity index (χ0n) is 18.5. The second kappa shape index (κ2) is 10.3. The first kappa shape index (κ1) is 22.5. The van der Waals surface area contributed by atoms with E-state index in [0.29, 0.717) is 6.54 Å². The Hall–Kier alpha value is -2.68. The van der Waals surface area contributed by atoms with Crippen LogP contribution < -0.4 is 9.62 Å². The lowest BCUT2D eigenvalue weighted by atomic mass is 10.2. The summed E-state index contributed by atoms with van der Waals surface area (Å²) in [5.74, 6) is 0.